The zero-order valence-electron chi connectivity index (χ0n) is 13.5. The molecule has 2 unspecified atom stereocenters. The number of rotatable bonds is 9. The highest BCUT2D eigenvalue weighted by atomic mass is 16.5. The number of nitrogens with zero attached hydrogens (tertiary/aromatic N) is 1. The molecule has 19 heavy (non-hydrogen) atoms. The van der Waals surface area contributed by atoms with Gasteiger partial charge in [-0.05, 0) is 44.2 Å². The molecule has 0 bridgehead atoms. The molecule has 0 aliphatic heterocycles. The summed E-state index contributed by atoms with van der Waals surface area (Å²) >= 11 is 0. The van der Waals surface area contributed by atoms with Crippen molar-refractivity contribution in [1.29, 1.82) is 0 Å². The molecule has 1 fully saturated rings. The normalized spacial score (nSPS) is 27.9. The van der Waals surface area contributed by atoms with E-state index in [2.05, 4.69) is 31.1 Å². The fourth-order valence-corrected chi connectivity index (χ4v) is 3.65. The van der Waals surface area contributed by atoms with Crippen LogP contribution in [0.3, 0.4) is 0 Å². The summed E-state index contributed by atoms with van der Waals surface area (Å²) in [5.41, 5.74) is 0.496. The van der Waals surface area contributed by atoms with E-state index in [1.807, 2.05) is 0 Å². The Morgan fingerprint density at radius 1 is 1.42 bits per heavy atom. The quantitative estimate of drug-likeness (QED) is 0.652. The molecule has 0 radical (unpaired) electrons. The van der Waals surface area contributed by atoms with Crippen LogP contribution >= 0.6 is 0 Å². The lowest BCUT2D eigenvalue weighted by Gasteiger charge is -2.43. The van der Waals surface area contributed by atoms with Gasteiger partial charge in [-0.2, -0.15) is 0 Å². The largest absolute Gasteiger partial charge is 0.385 e. The molecule has 3 nitrogen and oxygen atoms in total. The Labute approximate surface area is 120 Å². The van der Waals surface area contributed by atoms with E-state index < -0.39 is 0 Å². The lowest BCUT2D eigenvalue weighted by molar-refractivity contribution is 0.0868. The molecular weight excluding hydrogens is 236 g/mol. The van der Waals surface area contributed by atoms with Crippen LogP contribution in [0.2, 0.25) is 0 Å². The minimum atomic E-state index is 0.496. The molecule has 0 amide bonds. The number of nitrogens with one attached hydrogen (secondary N) is 1. The molecule has 0 aromatic carbocycles. The zero-order valence-corrected chi connectivity index (χ0v) is 13.5. The Morgan fingerprint density at radius 3 is 2.84 bits per heavy atom. The third kappa shape index (κ3) is 6.24. The Kier molecular flexibility index (Phi) is 7.96. The number of methoxy groups -OCH3 is 1. The average molecular weight is 270 g/mol. The Bertz CT molecular complexity index is 235. The van der Waals surface area contributed by atoms with Gasteiger partial charge in [0.05, 0.1) is 0 Å². The predicted octanol–water partition coefficient (Wildman–Crippen LogP) is 2.76. The van der Waals surface area contributed by atoms with Gasteiger partial charge in [-0.3, -0.25) is 0 Å². The fourth-order valence-electron chi connectivity index (χ4n) is 3.65. The summed E-state index contributed by atoms with van der Waals surface area (Å²) in [4.78, 5) is 2.51. The summed E-state index contributed by atoms with van der Waals surface area (Å²) in [7, 11) is 4.05. The van der Waals surface area contributed by atoms with Gasteiger partial charge in [0.15, 0.2) is 0 Å². The van der Waals surface area contributed by atoms with E-state index in [0.717, 1.165) is 32.0 Å². The zero-order chi connectivity index (χ0) is 14.1. The maximum atomic E-state index is 5.15. The Hall–Kier alpha value is -0.120. The lowest BCUT2D eigenvalue weighted by Crippen LogP contribution is -2.46. The minimum Gasteiger partial charge on any atom is -0.385 e. The van der Waals surface area contributed by atoms with E-state index in [0.29, 0.717) is 5.41 Å². The molecule has 1 N–H and O–H groups in total. The van der Waals surface area contributed by atoms with Gasteiger partial charge in [0.25, 0.3) is 0 Å². The van der Waals surface area contributed by atoms with E-state index in [-0.39, 0.29) is 0 Å². The second-order valence-electron chi connectivity index (χ2n) is 6.57. The molecule has 1 rings (SSSR count). The van der Waals surface area contributed by atoms with Crippen molar-refractivity contribution in [2.24, 2.45) is 11.3 Å². The van der Waals surface area contributed by atoms with Crippen LogP contribution in [0.5, 0.6) is 0 Å². The van der Waals surface area contributed by atoms with Gasteiger partial charge in [0.2, 0.25) is 0 Å². The molecule has 114 valence electrons. The lowest BCUT2D eigenvalue weighted by atomic mass is 9.69. The standard InChI is InChI=1S/C16H34N2O/c1-5-17-13-16(9-6-8-15(2)12-16)14-18(3)10-7-11-19-4/h15,17H,5-14H2,1-4H3. The molecule has 1 aliphatic carbocycles. The van der Waals surface area contributed by atoms with E-state index in [9.17, 15) is 0 Å². The van der Waals surface area contributed by atoms with Crippen LogP contribution in [0.1, 0.15) is 46.0 Å². The van der Waals surface area contributed by atoms with Crippen molar-refractivity contribution in [3.63, 3.8) is 0 Å². The molecule has 1 aliphatic rings. The monoisotopic (exact) mass is 270 g/mol. The van der Waals surface area contributed by atoms with E-state index >= 15 is 0 Å². The third-order valence-electron chi connectivity index (χ3n) is 4.43. The Balaban J connectivity index is 2.48. The number of hydrogen-bond donors (Lipinski definition) is 1. The van der Waals surface area contributed by atoms with Crippen molar-refractivity contribution >= 4 is 0 Å². The molecule has 1 saturated carbocycles. The first-order chi connectivity index (χ1) is 9.12. The van der Waals surface area contributed by atoms with Crippen molar-refractivity contribution in [3.8, 4) is 0 Å². The summed E-state index contributed by atoms with van der Waals surface area (Å²) in [5, 5.41) is 3.60. The molecular formula is C16H34N2O. The van der Waals surface area contributed by atoms with Crippen LogP contribution < -0.4 is 5.32 Å². The molecule has 0 heterocycles. The van der Waals surface area contributed by atoms with Crippen LogP contribution in [0.25, 0.3) is 0 Å². The van der Waals surface area contributed by atoms with Crippen molar-refractivity contribution in [2.45, 2.75) is 46.0 Å². The van der Waals surface area contributed by atoms with Gasteiger partial charge < -0.3 is 15.0 Å². The summed E-state index contributed by atoms with van der Waals surface area (Å²) < 4.78 is 5.15. The van der Waals surface area contributed by atoms with Gasteiger partial charge >= 0.3 is 0 Å². The molecule has 0 aromatic rings. The first-order valence-corrected chi connectivity index (χ1v) is 8.00. The van der Waals surface area contributed by atoms with Gasteiger partial charge in [-0.25, -0.2) is 0 Å². The first-order valence-electron chi connectivity index (χ1n) is 8.00. The first kappa shape index (κ1) is 16.9. The Morgan fingerprint density at radius 2 is 2.21 bits per heavy atom. The van der Waals surface area contributed by atoms with E-state index in [4.69, 9.17) is 4.74 Å². The SMILES string of the molecule is CCNCC1(CN(C)CCCOC)CCCC(C)C1. The molecule has 3 heteroatoms. The van der Waals surface area contributed by atoms with Crippen molar-refractivity contribution in [1.82, 2.24) is 10.2 Å². The minimum absolute atomic E-state index is 0.496. The van der Waals surface area contributed by atoms with Gasteiger partial charge in [0.1, 0.15) is 0 Å². The van der Waals surface area contributed by atoms with Crippen molar-refractivity contribution < 1.29 is 4.74 Å². The highest BCUT2D eigenvalue weighted by molar-refractivity contribution is 4.89. The summed E-state index contributed by atoms with van der Waals surface area (Å²) in [6.45, 7) is 10.2. The van der Waals surface area contributed by atoms with Gasteiger partial charge in [-0.15, -0.1) is 0 Å². The molecule has 0 saturated heterocycles. The molecule has 0 spiro atoms. The topological polar surface area (TPSA) is 24.5 Å². The molecule has 2 atom stereocenters. The third-order valence-corrected chi connectivity index (χ3v) is 4.43. The van der Waals surface area contributed by atoms with Gasteiger partial charge in [0, 0.05) is 33.4 Å². The average Bonchev–Trinajstić information content (AvgIpc) is 2.37. The summed E-state index contributed by atoms with van der Waals surface area (Å²) in [5.74, 6) is 0.889. The number of ether oxygens (including phenoxy) is 1. The van der Waals surface area contributed by atoms with Crippen LogP contribution in [0.4, 0.5) is 0 Å². The maximum Gasteiger partial charge on any atom is 0.0474 e. The summed E-state index contributed by atoms with van der Waals surface area (Å²) in [6.07, 6.45) is 6.73. The fraction of sp³-hybridized carbons (Fsp3) is 1.00. The molecule has 0 aromatic heterocycles. The number of hydrogen-bond acceptors (Lipinski definition) is 3. The van der Waals surface area contributed by atoms with E-state index in [1.54, 1.807) is 7.11 Å². The highest BCUT2D eigenvalue weighted by Crippen LogP contribution is 2.39. The van der Waals surface area contributed by atoms with Crippen molar-refractivity contribution in [3.05, 3.63) is 0 Å². The second kappa shape index (κ2) is 8.93. The highest BCUT2D eigenvalue weighted by Gasteiger charge is 2.35. The maximum absolute atomic E-state index is 5.15. The smallest absolute Gasteiger partial charge is 0.0474 e. The second-order valence-corrected chi connectivity index (χ2v) is 6.57. The van der Waals surface area contributed by atoms with Crippen LogP contribution in [-0.2, 0) is 4.74 Å². The van der Waals surface area contributed by atoms with Gasteiger partial charge in [-0.1, -0.05) is 26.7 Å². The van der Waals surface area contributed by atoms with Crippen molar-refractivity contribution in [2.75, 3.05) is 46.9 Å². The van der Waals surface area contributed by atoms with Crippen LogP contribution in [-0.4, -0.2) is 51.8 Å². The summed E-state index contributed by atoms with van der Waals surface area (Å²) in [6, 6.07) is 0. The van der Waals surface area contributed by atoms with Crippen LogP contribution in [0.15, 0.2) is 0 Å². The predicted molar refractivity (Wildman–Crippen MR) is 82.6 cm³/mol. The van der Waals surface area contributed by atoms with E-state index in [1.165, 1.54) is 38.8 Å². The van der Waals surface area contributed by atoms with Crippen LogP contribution in [0, 0.1) is 11.3 Å².